The molecule has 0 aliphatic heterocycles. The van der Waals surface area contributed by atoms with Crippen LogP contribution in [-0.4, -0.2) is 35.6 Å². The summed E-state index contributed by atoms with van der Waals surface area (Å²) in [5.74, 6) is 2.83. The standard InChI is InChI=1S/C24H29N5O2.HI/c1-3-25-24(28-16-13-20-7-5-6-14-26-20)29-18-19-12-15-27-23(17-19)31-22-10-8-21(9-11-22)30-4-2;/h5-12,14-15,17H,3-4,13,16,18H2,1-2H3,(H2,25,28,29);1H. The zero-order valence-corrected chi connectivity index (χ0v) is 20.8. The van der Waals surface area contributed by atoms with E-state index >= 15 is 0 Å². The molecule has 0 atom stereocenters. The Kier molecular flexibility index (Phi) is 11.3. The molecule has 0 saturated carbocycles. The summed E-state index contributed by atoms with van der Waals surface area (Å²) in [4.78, 5) is 13.3. The minimum Gasteiger partial charge on any atom is -0.494 e. The van der Waals surface area contributed by atoms with Gasteiger partial charge in [-0.25, -0.2) is 9.98 Å². The molecule has 0 aliphatic rings. The van der Waals surface area contributed by atoms with Gasteiger partial charge in [-0.05, 0) is 61.9 Å². The molecule has 3 aromatic rings. The quantitative estimate of drug-likeness (QED) is 0.220. The first-order valence-corrected chi connectivity index (χ1v) is 10.5. The molecule has 0 bridgehead atoms. The van der Waals surface area contributed by atoms with Gasteiger partial charge in [0.2, 0.25) is 5.88 Å². The maximum absolute atomic E-state index is 5.87. The molecule has 2 N–H and O–H groups in total. The number of guanidine groups is 1. The largest absolute Gasteiger partial charge is 0.494 e. The number of pyridine rings is 2. The van der Waals surface area contributed by atoms with E-state index in [1.54, 1.807) is 6.20 Å². The molecule has 32 heavy (non-hydrogen) atoms. The number of aromatic nitrogens is 2. The summed E-state index contributed by atoms with van der Waals surface area (Å²) in [6, 6.07) is 17.3. The second kappa shape index (κ2) is 14.2. The maximum atomic E-state index is 5.87. The fourth-order valence-electron chi connectivity index (χ4n) is 2.86. The van der Waals surface area contributed by atoms with Crippen LogP contribution in [0.5, 0.6) is 17.4 Å². The van der Waals surface area contributed by atoms with Crippen molar-refractivity contribution in [1.82, 2.24) is 20.6 Å². The topological polar surface area (TPSA) is 80.7 Å². The molecule has 170 valence electrons. The van der Waals surface area contributed by atoms with Gasteiger partial charge in [0.1, 0.15) is 11.5 Å². The Labute approximate surface area is 206 Å². The first-order chi connectivity index (χ1) is 15.3. The highest BCUT2D eigenvalue weighted by atomic mass is 127. The lowest BCUT2D eigenvalue weighted by atomic mass is 10.2. The van der Waals surface area contributed by atoms with Crippen molar-refractivity contribution in [3.05, 3.63) is 78.2 Å². The Morgan fingerprint density at radius 1 is 0.938 bits per heavy atom. The van der Waals surface area contributed by atoms with Crippen LogP contribution in [0.1, 0.15) is 25.1 Å². The van der Waals surface area contributed by atoms with Crippen LogP contribution >= 0.6 is 24.0 Å². The summed E-state index contributed by atoms with van der Waals surface area (Å²) < 4.78 is 11.3. The average molecular weight is 547 g/mol. The van der Waals surface area contributed by atoms with Crippen LogP contribution in [0.15, 0.2) is 72.0 Å². The second-order valence-corrected chi connectivity index (χ2v) is 6.70. The van der Waals surface area contributed by atoms with Crippen molar-refractivity contribution in [3.63, 3.8) is 0 Å². The number of hydrogen-bond donors (Lipinski definition) is 2. The van der Waals surface area contributed by atoms with E-state index in [2.05, 4.69) is 25.6 Å². The SMILES string of the molecule is CCNC(=NCc1ccnc(Oc2ccc(OCC)cc2)c1)NCCc1ccccn1.I. The highest BCUT2D eigenvalue weighted by Crippen LogP contribution is 2.23. The van der Waals surface area contributed by atoms with E-state index in [0.29, 0.717) is 24.8 Å². The molecule has 0 saturated heterocycles. The Morgan fingerprint density at radius 3 is 2.47 bits per heavy atom. The van der Waals surface area contributed by atoms with Crippen LogP contribution in [0.4, 0.5) is 0 Å². The molecule has 3 rings (SSSR count). The lowest BCUT2D eigenvalue weighted by molar-refractivity contribution is 0.339. The molecule has 0 aliphatic carbocycles. The van der Waals surface area contributed by atoms with Crippen LogP contribution in [-0.2, 0) is 13.0 Å². The van der Waals surface area contributed by atoms with Crippen LogP contribution in [0.3, 0.4) is 0 Å². The number of aliphatic imine (C=N–C) groups is 1. The summed E-state index contributed by atoms with van der Waals surface area (Å²) in [6.45, 7) is 6.70. The van der Waals surface area contributed by atoms with Gasteiger partial charge < -0.3 is 20.1 Å². The summed E-state index contributed by atoms with van der Waals surface area (Å²) in [7, 11) is 0. The van der Waals surface area contributed by atoms with Crippen molar-refractivity contribution in [2.75, 3.05) is 19.7 Å². The molecule has 7 nitrogen and oxygen atoms in total. The third kappa shape index (κ3) is 8.70. The summed E-state index contributed by atoms with van der Waals surface area (Å²) in [5.41, 5.74) is 2.06. The van der Waals surface area contributed by atoms with Gasteiger partial charge in [-0.3, -0.25) is 4.98 Å². The van der Waals surface area contributed by atoms with Crippen molar-refractivity contribution in [2.24, 2.45) is 4.99 Å². The van der Waals surface area contributed by atoms with Crippen molar-refractivity contribution < 1.29 is 9.47 Å². The van der Waals surface area contributed by atoms with Crippen LogP contribution in [0.2, 0.25) is 0 Å². The van der Waals surface area contributed by atoms with Gasteiger partial charge in [0.15, 0.2) is 5.96 Å². The molecule has 0 unspecified atom stereocenters. The van der Waals surface area contributed by atoms with E-state index in [4.69, 9.17) is 9.47 Å². The fourth-order valence-corrected chi connectivity index (χ4v) is 2.86. The van der Waals surface area contributed by atoms with E-state index < -0.39 is 0 Å². The molecule has 0 spiro atoms. The molecule has 1 aromatic carbocycles. The average Bonchev–Trinajstić information content (AvgIpc) is 2.80. The lowest BCUT2D eigenvalue weighted by Crippen LogP contribution is -2.38. The Hall–Kier alpha value is -2.88. The maximum Gasteiger partial charge on any atom is 0.219 e. The Morgan fingerprint density at radius 2 is 1.75 bits per heavy atom. The molecule has 2 heterocycles. The Balaban J connectivity index is 0.00000363. The molecule has 0 fully saturated rings. The smallest absolute Gasteiger partial charge is 0.219 e. The number of nitrogens with one attached hydrogen (secondary N) is 2. The van der Waals surface area contributed by atoms with Gasteiger partial charge in [0.05, 0.1) is 13.2 Å². The monoisotopic (exact) mass is 547 g/mol. The number of nitrogens with zero attached hydrogens (tertiary/aromatic N) is 3. The number of ether oxygens (including phenoxy) is 2. The van der Waals surface area contributed by atoms with Crippen molar-refractivity contribution in [2.45, 2.75) is 26.8 Å². The van der Waals surface area contributed by atoms with Crippen molar-refractivity contribution in [1.29, 1.82) is 0 Å². The van der Waals surface area contributed by atoms with E-state index in [9.17, 15) is 0 Å². The van der Waals surface area contributed by atoms with Crippen molar-refractivity contribution in [3.8, 4) is 17.4 Å². The normalized spacial score (nSPS) is 10.8. The minimum absolute atomic E-state index is 0. The van der Waals surface area contributed by atoms with Gasteiger partial charge in [-0.2, -0.15) is 0 Å². The van der Waals surface area contributed by atoms with Gasteiger partial charge in [-0.15, -0.1) is 24.0 Å². The van der Waals surface area contributed by atoms with E-state index in [1.165, 1.54) is 0 Å². The zero-order chi connectivity index (χ0) is 21.7. The first-order valence-electron chi connectivity index (χ1n) is 10.5. The highest BCUT2D eigenvalue weighted by Gasteiger charge is 2.03. The molecule has 0 amide bonds. The third-order valence-electron chi connectivity index (χ3n) is 4.32. The molecule has 0 radical (unpaired) electrons. The van der Waals surface area contributed by atoms with E-state index in [1.807, 2.05) is 74.6 Å². The van der Waals surface area contributed by atoms with E-state index in [0.717, 1.165) is 42.5 Å². The summed E-state index contributed by atoms with van der Waals surface area (Å²) in [6.07, 6.45) is 4.38. The molecular weight excluding hydrogens is 517 g/mol. The molecular formula is C24H30IN5O2. The van der Waals surface area contributed by atoms with Crippen molar-refractivity contribution >= 4 is 29.9 Å². The number of rotatable bonds is 10. The highest BCUT2D eigenvalue weighted by molar-refractivity contribution is 14.0. The van der Waals surface area contributed by atoms with Crippen LogP contribution in [0, 0.1) is 0 Å². The summed E-state index contributed by atoms with van der Waals surface area (Å²) in [5, 5.41) is 6.62. The number of benzene rings is 1. The van der Waals surface area contributed by atoms with E-state index in [-0.39, 0.29) is 24.0 Å². The van der Waals surface area contributed by atoms with Gasteiger partial charge in [0, 0.05) is 43.7 Å². The Bertz CT molecular complexity index is 952. The molecule has 8 heteroatoms. The first kappa shape index (κ1) is 25.4. The van der Waals surface area contributed by atoms with Gasteiger partial charge in [-0.1, -0.05) is 6.07 Å². The summed E-state index contributed by atoms with van der Waals surface area (Å²) >= 11 is 0. The number of halogens is 1. The lowest BCUT2D eigenvalue weighted by Gasteiger charge is -2.11. The van der Waals surface area contributed by atoms with Crippen LogP contribution in [0.25, 0.3) is 0 Å². The van der Waals surface area contributed by atoms with Gasteiger partial charge in [0.25, 0.3) is 0 Å². The van der Waals surface area contributed by atoms with Gasteiger partial charge >= 0.3 is 0 Å². The zero-order valence-electron chi connectivity index (χ0n) is 18.5. The molecule has 2 aromatic heterocycles. The second-order valence-electron chi connectivity index (χ2n) is 6.70. The van der Waals surface area contributed by atoms with Crippen LogP contribution < -0.4 is 20.1 Å². The third-order valence-corrected chi connectivity index (χ3v) is 4.32. The fraction of sp³-hybridized carbons (Fsp3) is 0.292. The predicted molar refractivity (Wildman–Crippen MR) is 138 cm³/mol. The predicted octanol–water partition coefficient (Wildman–Crippen LogP) is 4.58. The minimum atomic E-state index is 0. The number of hydrogen-bond acceptors (Lipinski definition) is 5.